The summed E-state index contributed by atoms with van der Waals surface area (Å²) in [6.45, 7) is 4.79. The van der Waals surface area contributed by atoms with Crippen LogP contribution in [0.2, 0.25) is 0 Å². The summed E-state index contributed by atoms with van der Waals surface area (Å²) in [5.41, 5.74) is 7.21. The van der Waals surface area contributed by atoms with Crippen LogP contribution in [0.5, 0.6) is 0 Å². The smallest absolute Gasteiger partial charge is 0.347 e. The monoisotopic (exact) mass is 549 g/mol. The Hall–Kier alpha value is -3.97. The van der Waals surface area contributed by atoms with E-state index < -0.39 is 5.63 Å². The van der Waals surface area contributed by atoms with Crippen molar-refractivity contribution in [1.82, 2.24) is 10.3 Å². The molecule has 0 unspecified atom stereocenters. The summed E-state index contributed by atoms with van der Waals surface area (Å²) in [5.74, 6) is -0.133. The van der Waals surface area contributed by atoms with E-state index in [4.69, 9.17) is 9.40 Å². The van der Waals surface area contributed by atoms with E-state index in [1.54, 1.807) is 0 Å². The van der Waals surface area contributed by atoms with E-state index in [1.807, 2.05) is 48.5 Å². The van der Waals surface area contributed by atoms with Gasteiger partial charge in [-0.05, 0) is 67.5 Å². The molecule has 7 heteroatoms. The van der Waals surface area contributed by atoms with Crippen LogP contribution < -0.4 is 15.8 Å². The standard InChI is InChI=1S/C33H31N3O3S/c1-2-3-16-34-31(37)22-12-5-4-11-21(22)27-24-19-20-10-8-17-36-18-9-13-23(29(20)36)30(24)39-33(38)28(27)32-35-25-14-6-7-15-26(25)40-32/h4-7,11-12,14-15,19H,2-3,8-10,13,16-18H2,1H3,(H,34,37). The third-order valence-corrected chi connectivity index (χ3v) is 9.21. The number of anilines is 1. The highest BCUT2D eigenvalue weighted by Crippen LogP contribution is 2.45. The Morgan fingerprint density at radius 3 is 2.70 bits per heavy atom. The maximum absolute atomic E-state index is 14.0. The van der Waals surface area contributed by atoms with E-state index in [-0.39, 0.29) is 5.91 Å². The summed E-state index contributed by atoms with van der Waals surface area (Å²) >= 11 is 1.48. The molecule has 1 amide bonds. The van der Waals surface area contributed by atoms with Crippen molar-refractivity contribution in [2.45, 2.75) is 45.4 Å². The molecule has 6 nitrogen and oxygen atoms in total. The maximum Gasteiger partial charge on any atom is 0.347 e. The molecule has 40 heavy (non-hydrogen) atoms. The molecule has 5 aromatic rings. The SMILES string of the molecule is CCCCNC(=O)c1ccccc1-c1c(-c2nc3ccccc3s2)c(=O)oc2c3c4c(cc12)CCCN4CCC3. The lowest BCUT2D eigenvalue weighted by atomic mass is 9.86. The van der Waals surface area contributed by atoms with Gasteiger partial charge in [0.15, 0.2) is 0 Å². The molecule has 0 saturated heterocycles. The van der Waals surface area contributed by atoms with Gasteiger partial charge in [0.25, 0.3) is 5.91 Å². The van der Waals surface area contributed by atoms with Crippen molar-refractivity contribution in [3.05, 3.63) is 81.7 Å². The van der Waals surface area contributed by atoms with Crippen LogP contribution in [0.4, 0.5) is 5.69 Å². The number of thiazole rings is 1. The predicted molar refractivity (Wildman–Crippen MR) is 163 cm³/mol. The van der Waals surface area contributed by atoms with E-state index in [2.05, 4.69) is 23.2 Å². The van der Waals surface area contributed by atoms with Crippen molar-refractivity contribution in [3.63, 3.8) is 0 Å². The number of aryl methyl sites for hydroxylation is 2. The quantitative estimate of drug-likeness (QED) is 0.183. The number of carbonyl (C=O) groups is 1. The lowest BCUT2D eigenvalue weighted by molar-refractivity contribution is 0.0954. The number of unbranched alkanes of at least 4 members (excludes halogenated alkanes) is 1. The number of nitrogens with one attached hydrogen (secondary N) is 1. The van der Waals surface area contributed by atoms with Crippen LogP contribution in [0, 0.1) is 0 Å². The molecule has 202 valence electrons. The minimum atomic E-state index is -0.410. The molecular weight excluding hydrogens is 518 g/mol. The van der Waals surface area contributed by atoms with E-state index in [9.17, 15) is 9.59 Å². The molecule has 2 aromatic heterocycles. The van der Waals surface area contributed by atoms with Gasteiger partial charge in [-0.15, -0.1) is 11.3 Å². The lowest BCUT2D eigenvalue weighted by Gasteiger charge is -2.37. The van der Waals surface area contributed by atoms with Crippen LogP contribution in [0.3, 0.4) is 0 Å². The summed E-state index contributed by atoms with van der Waals surface area (Å²) in [6, 6.07) is 17.7. The normalized spacial score (nSPS) is 14.5. The number of rotatable bonds is 6. The van der Waals surface area contributed by atoms with Crippen LogP contribution in [0.25, 0.3) is 42.9 Å². The third kappa shape index (κ3) is 4.11. The summed E-state index contributed by atoms with van der Waals surface area (Å²) < 4.78 is 7.24. The van der Waals surface area contributed by atoms with Crippen molar-refractivity contribution < 1.29 is 9.21 Å². The van der Waals surface area contributed by atoms with Gasteiger partial charge >= 0.3 is 5.63 Å². The topological polar surface area (TPSA) is 75.4 Å². The number of hydrogen-bond acceptors (Lipinski definition) is 6. The highest BCUT2D eigenvalue weighted by atomic mass is 32.1. The van der Waals surface area contributed by atoms with Gasteiger partial charge < -0.3 is 14.6 Å². The van der Waals surface area contributed by atoms with Crippen LogP contribution in [0.1, 0.15) is 54.1 Å². The molecule has 2 aliphatic rings. The summed E-state index contributed by atoms with van der Waals surface area (Å²) in [7, 11) is 0. The summed E-state index contributed by atoms with van der Waals surface area (Å²) in [5, 5.41) is 4.58. The number of nitrogens with zero attached hydrogens (tertiary/aromatic N) is 2. The molecule has 1 N–H and O–H groups in total. The molecule has 0 radical (unpaired) electrons. The first-order chi connectivity index (χ1) is 19.6. The van der Waals surface area contributed by atoms with Crippen molar-refractivity contribution in [2.75, 3.05) is 24.5 Å². The number of benzene rings is 3. The molecule has 0 spiro atoms. The molecule has 7 rings (SSSR count). The zero-order valence-electron chi connectivity index (χ0n) is 22.6. The van der Waals surface area contributed by atoms with Crippen LogP contribution in [-0.4, -0.2) is 30.5 Å². The van der Waals surface area contributed by atoms with Crippen LogP contribution in [-0.2, 0) is 12.8 Å². The van der Waals surface area contributed by atoms with Gasteiger partial charge in [0.2, 0.25) is 0 Å². The fourth-order valence-corrected chi connectivity index (χ4v) is 7.34. The maximum atomic E-state index is 14.0. The van der Waals surface area contributed by atoms with Crippen LogP contribution in [0.15, 0.2) is 63.8 Å². The van der Waals surface area contributed by atoms with Gasteiger partial charge in [-0.2, -0.15) is 0 Å². The average molecular weight is 550 g/mol. The molecule has 0 aliphatic carbocycles. The predicted octanol–water partition coefficient (Wildman–Crippen LogP) is 6.97. The third-order valence-electron chi connectivity index (χ3n) is 8.16. The van der Waals surface area contributed by atoms with Gasteiger partial charge in [0.1, 0.15) is 16.2 Å². The number of carbonyl (C=O) groups excluding carboxylic acids is 1. The zero-order chi connectivity index (χ0) is 27.2. The highest BCUT2D eigenvalue weighted by molar-refractivity contribution is 7.21. The number of hydrogen-bond donors (Lipinski definition) is 1. The second kappa shape index (κ2) is 10.2. The van der Waals surface area contributed by atoms with Gasteiger partial charge in [0.05, 0.1) is 10.2 Å². The minimum absolute atomic E-state index is 0.133. The van der Waals surface area contributed by atoms with Crippen molar-refractivity contribution in [2.24, 2.45) is 0 Å². The van der Waals surface area contributed by atoms with E-state index >= 15 is 0 Å². The van der Waals surface area contributed by atoms with E-state index in [0.29, 0.717) is 28.3 Å². The minimum Gasteiger partial charge on any atom is -0.422 e. The number of fused-ring (bicyclic) bond motifs is 3. The second-order valence-corrected chi connectivity index (χ2v) is 11.7. The van der Waals surface area contributed by atoms with E-state index in [1.165, 1.54) is 22.6 Å². The molecule has 0 atom stereocenters. The number of para-hydroxylation sites is 1. The van der Waals surface area contributed by atoms with Crippen molar-refractivity contribution in [1.29, 1.82) is 0 Å². The van der Waals surface area contributed by atoms with Gasteiger partial charge in [-0.1, -0.05) is 43.7 Å². The first-order valence-corrected chi connectivity index (χ1v) is 15.1. The van der Waals surface area contributed by atoms with Gasteiger partial charge in [-0.25, -0.2) is 9.78 Å². The Kier molecular flexibility index (Phi) is 6.39. The van der Waals surface area contributed by atoms with Gasteiger partial charge in [-0.3, -0.25) is 4.79 Å². The highest BCUT2D eigenvalue weighted by Gasteiger charge is 2.31. The lowest BCUT2D eigenvalue weighted by Crippen LogP contribution is -2.34. The molecule has 0 saturated carbocycles. The molecule has 4 heterocycles. The molecule has 3 aromatic carbocycles. The molecule has 2 aliphatic heterocycles. The average Bonchev–Trinajstić information content (AvgIpc) is 3.41. The van der Waals surface area contributed by atoms with Crippen LogP contribution >= 0.6 is 11.3 Å². The fraction of sp³-hybridized carbons (Fsp3) is 0.303. The molecular formula is C33H31N3O3S. The Morgan fingerprint density at radius 2 is 1.85 bits per heavy atom. The van der Waals surface area contributed by atoms with Crippen molar-refractivity contribution >= 4 is 44.1 Å². The summed E-state index contributed by atoms with van der Waals surface area (Å²) in [6.07, 6.45) is 5.90. The fourth-order valence-electron chi connectivity index (χ4n) is 6.34. The Labute approximate surface area is 236 Å². The first kappa shape index (κ1) is 25.0. The Bertz CT molecular complexity index is 1800. The van der Waals surface area contributed by atoms with Gasteiger partial charge in [0, 0.05) is 47.4 Å². The van der Waals surface area contributed by atoms with Crippen molar-refractivity contribution in [3.8, 4) is 21.7 Å². The Balaban J connectivity index is 1.55. The largest absolute Gasteiger partial charge is 0.422 e. The molecule has 0 fully saturated rings. The zero-order valence-corrected chi connectivity index (χ0v) is 23.4. The number of aromatic nitrogens is 1. The van der Waals surface area contributed by atoms with E-state index in [0.717, 1.165) is 83.9 Å². The summed E-state index contributed by atoms with van der Waals surface area (Å²) in [4.78, 5) is 34.8. The first-order valence-electron chi connectivity index (χ1n) is 14.3. The Morgan fingerprint density at radius 1 is 1.05 bits per heavy atom. The molecule has 0 bridgehead atoms. The number of amides is 1. The second-order valence-electron chi connectivity index (χ2n) is 10.7.